The van der Waals surface area contributed by atoms with Gasteiger partial charge in [0.15, 0.2) is 0 Å². The number of hydrogen-bond donors (Lipinski definition) is 1. The SMILES string of the molecule is CC(C)COCCOC(C)C(C)O. The van der Waals surface area contributed by atoms with Gasteiger partial charge in [-0.1, -0.05) is 13.8 Å². The van der Waals surface area contributed by atoms with Crippen LogP contribution >= 0.6 is 0 Å². The molecule has 2 atom stereocenters. The molecule has 0 aromatic rings. The van der Waals surface area contributed by atoms with Crippen molar-refractivity contribution in [1.82, 2.24) is 0 Å². The highest BCUT2D eigenvalue weighted by atomic mass is 16.5. The van der Waals surface area contributed by atoms with Crippen LogP contribution in [0.4, 0.5) is 0 Å². The summed E-state index contributed by atoms with van der Waals surface area (Å²) in [4.78, 5) is 0. The van der Waals surface area contributed by atoms with E-state index in [1.54, 1.807) is 6.92 Å². The smallest absolute Gasteiger partial charge is 0.0804 e. The molecule has 1 N–H and O–H groups in total. The summed E-state index contributed by atoms with van der Waals surface area (Å²) in [5.74, 6) is 0.564. The molecule has 0 aliphatic rings. The van der Waals surface area contributed by atoms with Gasteiger partial charge in [-0.2, -0.15) is 0 Å². The number of hydrogen-bond acceptors (Lipinski definition) is 3. The minimum absolute atomic E-state index is 0.109. The lowest BCUT2D eigenvalue weighted by Gasteiger charge is -2.15. The fraction of sp³-hybridized carbons (Fsp3) is 1.00. The van der Waals surface area contributed by atoms with Gasteiger partial charge in [-0.05, 0) is 19.8 Å². The van der Waals surface area contributed by atoms with Gasteiger partial charge in [0.05, 0.1) is 25.4 Å². The Hall–Kier alpha value is -0.120. The summed E-state index contributed by atoms with van der Waals surface area (Å²) >= 11 is 0. The Labute approximate surface area is 81.0 Å². The van der Waals surface area contributed by atoms with E-state index in [0.29, 0.717) is 19.1 Å². The van der Waals surface area contributed by atoms with E-state index in [1.807, 2.05) is 6.92 Å². The van der Waals surface area contributed by atoms with Gasteiger partial charge in [-0.25, -0.2) is 0 Å². The van der Waals surface area contributed by atoms with Crippen molar-refractivity contribution in [1.29, 1.82) is 0 Å². The summed E-state index contributed by atoms with van der Waals surface area (Å²) in [7, 11) is 0. The van der Waals surface area contributed by atoms with E-state index >= 15 is 0 Å². The Morgan fingerprint density at radius 3 is 2.15 bits per heavy atom. The second-order valence-electron chi connectivity index (χ2n) is 3.79. The van der Waals surface area contributed by atoms with Crippen LogP contribution < -0.4 is 0 Å². The van der Waals surface area contributed by atoms with Crippen molar-refractivity contribution in [2.45, 2.75) is 39.9 Å². The van der Waals surface area contributed by atoms with E-state index in [1.165, 1.54) is 0 Å². The summed E-state index contributed by atoms with van der Waals surface area (Å²) in [6, 6.07) is 0. The van der Waals surface area contributed by atoms with E-state index in [9.17, 15) is 0 Å². The summed E-state index contributed by atoms with van der Waals surface area (Å²) in [6.45, 7) is 9.73. The quantitative estimate of drug-likeness (QED) is 0.617. The first kappa shape index (κ1) is 12.9. The van der Waals surface area contributed by atoms with E-state index in [4.69, 9.17) is 14.6 Å². The zero-order valence-corrected chi connectivity index (χ0v) is 9.12. The lowest BCUT2D eigenvalue weighted by atomic mass is 10.2. The molecule has 0 fully saturated rings. The second kappa shape index (κ2) is 7.30. The third kappa shape index (κ3) is 8.22. The number of aliphatic hydroxyl groups is 1. The number of ether oxygens (including phenoxy) is 2. The number of aliphatic hydroxyl groups excluding tert-OH is 1. The normalized spacial score (nSPS) is 16.2. The fourth-order valence-corrected chi connectivity index (χ4v) is 0.751. The predicted molar refractivity (Wildman–Crippen MR) is 52.8 cm³/mol. The molecule has 0 aliphatic carbocycles. The van der Waals surface area contributed by atoms with E-state index in [-0.39, 0.29) is 6.10 Å². The Morgan fingerprint density at radius 2 is 1.69 bits per heavy atom. The molecule has 80 valence electrons. The Kier molecular flexibility index (Phi) is 7.23. The maximum absolute atomic E-state index is 9.10. The zero-order valence-electron chi connectivity index (χ0n) is 9.12. The Bertz CT molecular complexity index is 113. The molecule has 0 saturated carbocycles. The highest BCUT2D eigenvalue weighted by Gasteiger charge is 2.07. The molecule has 0 aromatic heterocycles. The first-order valence-corrected chi connectivity index (χ1v) is 4.91. The van der Waals surface area contributed by atoms with Crippen molar-refractivity contribution in [3.8, 4) is 0 Å². The van der Waals surface area contributed by atoms with Crippen LogP contribution in [0, 0.1) is 5.92 Å². The van der Waals surface area contributed by atoms with Crippen LogP contribution in [0.25, 0.3) is 0 Å². The van der Waals surface area contributed by atoms with Crippen molar-refractivity contribution in [2.24, 2.45) is 5.92 Å². The van der Waals surface area contributed by atoms with Crippen molar-refractivity contribution >= 4 is 0 Å². The van der Waals surface area contributed by atoms with Gasteiger partial charge in [-0.3, -0.25) is 0 Å². The third-order valence-corrected chi connectivity index (χ3v) is 1.74. The van der Waals surface area contributed by atoms with Crippen LogP contribution in [-0.4, -0.2) is 37.1 Å². The summed E-state index contributed by atoms with van der Waals surface area (Å²) in [5.41, 5.74) is 0. The fourth-order valence-electron chi connectivity index (χ4n) is 0.751. The van der Waals surface area contributed by atoms with Crippen LogP contribution in [0.1, 0.15) is 27.7 Å². The lowest BCUT2D eigenvalue weighted by molar-refractivity contribution is -0.0428. The molecular weight excluding hydrogens is 168 g/mol. The van der Waals surface area contributed by atoms with Crippen molar-refractivity contribution < 1.29 is 14.6 Å². The van der Waals surface area contributed by atoms with Gasteiger partial charge >= 0.3 is 0 Å². The maximum Gasteiger partial charge on any atom is 0.0804 e. The topological polar surface area (TPSA) is 38.7 Å². The highest BCUT2D eigenvalue weighted by Crippen LogP contribution is 1.97. The van der Waals surface area contributed by atoms with Gasteiger partial charge in [0.25, 0.3) is 0 Å². The van der Waals surface area contributed by atoms with Gasteiger partial charge in [0.1, 0.15) is 0 Å². The van der Waals surface area contributed by atoms with Gasteiger partial charge in [-0.15, -0.1) is 0 Å². The van der Waals surface area contributed by atoms with Crippen molar-refractivity contribution in [2.75, 3.05) is 19.8 Å². The van der Waals surface area contributed by atoms with E-state index < -0.39 is 6.10 Å². The predicted octanol–water partition coefficient (Wildman–Crippen LogP) is 1.44. The minimum Gasteiger partial charge on any atom is -0.391 e. The molecule has 0 bridgehead atoms. The highest BCUT2D eigenvalue weighted by molar-refractivity contribution is 4.56. The van der Waals surface area contributed by atoms with Crippen LogP contribution in [0.2, 0.25) is 0 Å². The first-order valence-electron chi connectivity index (χ1n) is 4.91. The molecule has 13 heavy (non-hydrogen) atoms. The molecule has 0 saturated heterocycles. The van der Waals surface area contributed by atoms with Crippen LogP contribution in [0.15, 0.2) is 0 Å². The number of rotatable bonds is 7. The van der Waals surface area contributed by atoms with Gasteiger partial charge in [0.2, 0.25) is 0 Å². The molecule has 0 rings (SSSR count). The average molecular weight is 190 g/mol. The van der Waals surface area contributed by atoms with E-state index in [2.05, 4.69) is 13.8 Å². The van der Waals surface area contributed by atoms with Crippen LogP contribution in [0.3, 0.4) is 0 Å². The Morgan fingerprint density at radius 1 is 1.08 bits per heavy atom. The van der Waals surface area contributed by atoms with Crippen molar-refractivity contribution in [3.05, 3.63) is 0 Å². The minimum atomic E-state index is -0.412. The molecule has 0 heterocycles. The maximum atomic E-state index is 9.10. The summed E-state index contributed by atoms with van der Waals surface area (Å²) < 4.78 is 10.6. The largest absolute Gasteiger partial charge is 0.391 e. The molecule has 3 nitrogen and oxygen atoms in total. The molecule has 0 amide bonds. The average Bonchev–Trinajstić information content (AvgIpc) is 2.02. The summed E-state index contributed by atoms with van der Waals surface area (Å²) in [6.07, 6.45) is -0.521. The molecule has 0 aromatic carbocycles. The third-order valence-electron chi connectivity index (χ3n) is 1.74. The monoisotopic (exact) mass is 190 g/mol. The lowest BCUT2D eigenvalue weighted by Crippen LogP contribution is -2.24. The second-order valence-corrected chi connectivity index (χ2v) is 3.79. The molecule has 0 radical (unpaired) electrons. The van der Waals surface area contributed by atoms with Crippen LogP contribution in [-0.2, 0) is 9.47 Å². The molecular formula is C10H22O3. The standard InChI is InChI=1S/C10H22O3/c1-8(2)7-12-5-6-13-10(4)9(3)11/h8-11H,5-7H2,1-4H3. The van der Waals surface area contributed by atoms with Gasteiger partial charge in [0, 0.05) is 6.61 Å². The molecule has 3 heteroatoms. The summed E-state index contributed by atoms with van der Waals surface area (Å²) in [5, 5.41) is 9.10. The van der Waals surface area contributed by atoms with Crippen molar-refractivity contribution in [3.63, 3.8) is 0 Å². The Balaban J connectivity index is 3.16. The van der Waals surface area contributed by atoms with Crippen LogP contribution in [0.5, 0.6) is 0 Å². The zero-order chi connectivity index (χ0) is 10.3. The molecule has 2 unspecified atom stereocenters. The molecule has 0 spiro atoms. The molecule has 0 aliphatic heterocycles. The van der Waals surface area contributed by atoms with E-state index in [0.717, 1.165) is 6.61 Å². The van der Waals surface area contributed by atoms with Gasteiger partial charge < -0.3 is 14.6 Å². The first-order chi connectivity index (χ1) is 6.04.